The van der Waals surface area contributed by atoms with E-state index in [-0.39, 0.29) is 12.8 Å². The predicted octanol–water partition coefficient (Wildman–Crippen LogP) is 5.45. The van der Waals surface area contributed by atoms with Crippen molar-refractivity contribution < 1.29 is 27.5 Å². The molecule has 0 saturated carbocycles. The predicted molar refractivity (Wildman–Crippen MR) is 124 cm³/mol. The number of esters is 1. The second-order valence-electron chi connectivity index (χ2n) is 8.02. The van der Waals surface area contributed by atoms with Gasteiger partial charge in [0.15, 0.2) is 0 Å². The van der Waals surface area contributed by atoms with Crippen LogP contribution in [0.5, 0.6) is 0 Å². The maximum absolute atomic E-state index is 12.8. The minimum absolute atomic E-state index is 0.165. The van der Waals surface area contributed by atoms with E-state index < -0.39 is 29.7 Å². The summed E-state index contributed by atoms with van der Waals surface area (Å²) in [6.45, 7) is 0. The molecule has 0 fully saturated rings. The SMILES string of the molecule is COC(=O)[C@@H](Cc1c2ccccc2cc2ccccc12)NC(=O)Cc1ccc(C(F)(F)F)cc1. The first-order valence-electron chi connectivity index (χ1n) is 10.7. The Hall–Kier alpha value is -3.87. The highest BCUT2D eigenvalue weighted by Gasteiger charge is 2.30. The largest absolute Gasteiger partial charge is 0.467 e. The van der Waals surface area contributed by atoms with Gasteiger partial charge >= 0.3 is 12.1 Å². The summed E-state index contributed by atoms with van der Waals surface area (Å²) in [5.74, 6) is -1.09. The molecule has 0 bridgehead atoms. The van der Waals surface area contributed by atoms with Crippen LogP contribution in [0.3, 0.4) is 0 Å². The minimum Gasteiger partial charge on any atom is -0.467 e. The van der Waals surface area contributed by atoms with Crippen molar-refractivity contribution in [3.05, 3.63) is 95.6 Å². The van der Waals surface area contributed by atoms with Crippen LogP contribution >= 0.6 is 0 Å². The molecule has 4 aromatic rings. The summed E-state index contributed by atoms with van der Waals surface area (Å²) < 4.78 is 43.3. The van der Waals surface area contributed by atoms with Crippen molar-refractivity contribution in [2.24, 2.45) is 0 Å². The first-order chi connectivity index (χ1) is 16.3. The number of hydrogen-bond donors (Lipinski definition) is 1. The molecule has 0 aliphatic rings. The maximum Gasteiger partial charge on any atom is 0.416 e. The fourth-order valence-corrected chi connectivity index (χ4v) is 4.11. The third-order valence-corrected chi connectivity index (χ3v) is 5.76. The van der Waals surface area contributed by atoms with Crippen molar-refractivity contribution in [2.75, 3.05) is 7.11 Å². The topological polar surface area (TPSA) is 55.4 Å². The van der Waals surface area contributed by atoms with Gasteiger partial charge in [-0.2, -0.15) is 13.2 Å². The van der Waals surface area contributed by atoms with Gasteiger partial charge in [0.05, 0.1) is 19.1 Å². The van der Waals surface area contributed by atoms with Gasteiger partial charge in [0.2, 0.25) is 5.91 Å². The average Bonchev–Trinajstić information content (AvgIpc) is 2.82. The summed E-state index contributed by atoms with van der Waals surface area (Å²) >= 11 is 0. The molecule has 174 valence electrons. The Morgan fingerprint density at radius 1 is 0.882 bits per heavy atom. The molecule has 0 radical (unpaired) electrons. The van der Waals surface area contributed by atoms with E-state index in [1.807, 2.05) is 48.5 Å². The van der Waals surface area contributed by atoms with E-state index in [4.69, 9.17) is 4.74 Å². The summed E-state index contributed by atoms with van der Waals surface area (Å²) in [5.41, 5.74) is 0.524. The number of carbonyl (C=O) groups excluding carboxylic acids is 2. The van der Waals surface area contributed by atoms with Crippen LogP contribution in [0.1, 0.15) is 16.7 Å². The van der Waals surface area contributed by atoms with Crippen LogP contribution in [-0.4, -0.2) is 25.0 Å². The molecule has 1 N–H and O–H groups in total. The van der Waals surface area contributed by atoms with Crippen molar-refractivity contribution in [3.63, 3.8) is 0 Å². The number of methoxy groups -OCH3 is 1. The van der Waals surface area contributed by atoms with Gasteiger partial charge in [0, 0.05) is 6.42 Å². The highest BCUT2D eigenvalue weighted by atomic mass is 19.4. The lowest BCUT2D eigenvalue weighted by atomic mass is 9.92. The van der Waals surface area contributed by atoms with E-state index >= 15 is 0 Å². The number of alkyl halides is 3. The van der Waals surface area contributed by atoms with E-state index in [0.29, 0.717) is 5.56 Å². The molecule has 1 atom stereocenters. The van der Waals surface area contributed by atoms with Gasteiger partial charge in [-0.1, -0.05) is 60.7 Å². The van der Waals surface area contributed by atoms with Crippen molar-refractivity contribution >= 4 is 33.4 Å². The molecule has 0 aliphatic carbocycles. The Labute approximate surface area is 194 Å². The molecule has 4 rings (SSSR count). The van der Waals surface area contributed by atoms with Crippen molar-refractivity contribution in [1.29, 1.82) is 0 Å². The number of amides is 1. The van der Waals surface area contributed by atoms with Gasteiger partial charge in [-0.15, -0.1) is 0 Å². The Morgan fingerprint density at radius 2 is 1.44 bits per heavy atom. The summed E-state index contributed by atoms with van der Waals surface area (Å²) in [6.07, 6.45) is -4.41. The fourth-order valence-electron chi connectivity index (χ4n) is 4.11. The number of hydrogen-bond acceptors (Lipinski definition) is 3. The van der Waals surface area contributed by atoms with Crippen LogP contribution in [0.2, 0.25) is 0 Å². The van der Waals surface area contributed by atoms with Gasteiger partial charge in [0.1, 0.15) is 6.04 Å². The lowest BCUT2D eigenvalue weighted by Gasteiger charge is -2.19. The van der Waals surface area contributed by atoms with Crippen LogP contribution in [0, 0.1) is 0 Å². The molecular formula is C27H22F3NO3. The van der Waals surface area contributed by atoms with Gasteiger partial charge in [-0.3, -0.25) is 4.79 Å². The number of rotatable bonds is 6. The van der Waals surface area contributed by atoms with Crippen LogP contribution in [0.15, 0.2) is 78.9 Å². The molecule has 34 heavy (non-hydrogen) atoms. The van der Waals surface area contributed by atoms with Gasteiger partial charge in [-0.25, -0.2) is 4.79 Å². The molecule has 4 nitrogen and oxygen atoms in total. The Balaban J connectivity index is 1.60. The molecule has 0 unspecified atom stereocenters. The number of ether oxygens (including phenoxy) is 1. The minimum atomic E-state index is -4.45. The molecule has 0 aromatic heterocycles. The highest BCUT2D eigenvalue weighted by molar-refractivity contribution is 6.02. The zero-order valence-corrected chi connectivity index (χ0v) is 18.4. The molecule has 0 spiro atoms. The van der Waals surface area contributed by atoms with Crippen molar-refractivity contribution in [1.82, 2.24) is 5.32 Å². The third-order valence-electron chi connectivity index (χ3n) is 5.76. The number of benzene rings is 4. The Morgan fingerprint density at radius 3 is 1.97 bits per heavy atom. The first-order valence-corrected chi connectivity index (χ1v) is 10.7. The quantitative estimate of drug-likeness (QED) is 0.304. The van der Waals surface area contributed by atoms with Gasteiger partial charge < -0.3 is 10.1 Å². The van der Waals surface area contributed by atoms with Crippen LogP contribution in [0.25, 0.3) is 21.5 Å². The molecule has 0 heterocycles. The van der Waals surface area contributed by atoms with E-state index in [0.717, 1.165) is 39.2 Å². The Kier molecular flexibility index (Phi) is 6.54. The molecular weight excluding hydrogens is 443 g/mol. The van der Waals surface area contributed by atoms with E-state index in [1.165, 1.54) is 19.2 Å². The summed E-state index contributed by atoms with van der Waals surface area (Å²) in [7, 11) is 1.25. The number of nitrogens with one attached hydrogen (secondary N) is 1. The summed E-state index contributed by atoms with van der Waals surface area (Å²) in [5, 5.41) is 6.65. The van der Waals surface area contributed by atoms with Crippen molar-refractivity contribution in [2.45, 2.75) is 25.1 Å². The Bertz CT molecular complexity index is 1290. The number of carbonyl (C=O) groups is 2. The van der Waals surface area contributed by atoms with Crippen molar-refractivity contribution in [3.8, 4) is 0 Å². The van der Waals surface area contributed by atoms with E-state index in [9.17, 15) is 22.8 Å². The number of halogens is 3. The third kappa shape index (κ3) is 5.03. The van der Waals surface area contributed by atoms with E-state index in [1.54, 1.807) is 0 Å². The lowest BCUT2D eigenvalue weighted by molar-refractivity contribution is -0.145. The first kappa shape index (κ1) is 23.3. The molecule has 7 heteroatoms. The average molecular weight is 465 g/mol. The second kappa shape index (κ2) is 9.55. The smallest absolute Gasteiger partial charge is 0.416 e. The zero-order chi connectivity index (χ0) is 24.3. The summed E-state index contributed by atoms with van der Waals surface area (Å²) in [4.78, 5) is 25.3. The molecule has 0 aliphatic heterocycles. The highest BCUT2D eigenvalue weighted by Crippen LogP contribution is 2.30. The lowest BCUT2D eigenvalue weighted by Crippen LogP contribution is -2.43. The monoisotopic (exact) mass is 465 g/mol. The van der Waals surface area contributed by atoms with Crippen LogP contribution in [-0.2, 0) is 33.3 Å². The number of fused-ring (bicyclic) bond motifs is 2. The molecule has 1 amide bonds. The van der Waals surface area contributed by atoms with Gasteiger partial charge in [-0.05, 0) is 50.9 Å². The standard InChI is InChI=1S/C27H22F3NO3/c1-34-26(33)24(31-25(32)14-17-10-12-20(13-11-17)27(28,29)30)16-23-21-8-4-2-6-18(21)15-19-7-3-5-9-22(19)23/h2-13,15,24H,14,16H2,1H3,(H,31,32)/t24-/m1/s1. The van der Waals surface area contributed by atoms with Crippen LogP contribution < -0.4 is 5.32 Å². The normalized spacial score (nSPS) is 12.5. The van der Waals surface area contributed by atoms with Crippen LogP contribution in [0.4, 0.5) is 13.2 Å². The fraction of sp³-hybridized carbons (Fsp3) is 0.185. The molecule has 0 saturated heterocycles. The second-order valence-corrected chi connectivity index (χ2v) is 8.02. The summed E-state index contributed by atoms with van der Waals surface area (Å²) in [6, 6.07) is 21.1. The van der Waals surface area contributed by atoms with E-state index in [2.05, 4.69) is 11.4 Å². The zero-order valence-electron chi connectivity index (χ0n) is 18.4. The maximum atomic E-state index is 12.8. The van der Waals surface area contributed by atoms with Gasteiger partial charge in [0.25, 0.3) is 0 Å². The molecule has 4 aromatic carbocycles.